The van der Waals surface area contributed by atoms with Crippen LogP contribution >= 0.6 is 11.6 Å². The van der Waals surface area contributed by atoms with E-state index in [4.69, 9.17) is 16.0 Å². The fraction of sp³-hybridized carbons (Fsp3) is 0.0909. The van der Waals surface area contributed by atoms with Gasteiger partial charge in [0, 0.05) is 16.0 Å². The Bertz CT molecular complexity index is 1150. The van der Waals surface area contributed by atoms with E-state index in [-0.39, 0.29) is 5.56 Å². The molecule has 0 bridgehead atoms. The highest BCUT2D eigenvalue weighted by Crippen LogP contribution is 2.31. The van der Waals surface area contributed by atoms with Gasteiger partial charge in [0.15, 0.2) is 5.76 Å². The van der Waals surface area contributed by atoms with Crippen LogP contribution in [0.1, 0.15) is 22.8 Å². The first kappa shape index (κ1) is 17.3. The maximum Gasteiger partial charge on any atom is 0.336 e. The predicted octanol–water partition coefficient (Wildman–Crippen LogP) is 6.08. The molecule has 5 heteroatoms. The van der Waals surface area contributed by atoms with E-state index < -0.39 is 5.97 Å². The Morgan fingerprint density at radius 3 is 2.48 bits per heavy atom. The van der Waals surface area contributed by atoms with Crippen molar-refractivity contribution in [3.63, 3.8) is 0 Å². The molecule has 0 aliphatic heterocycles. The number of aromatic carboxylic acids is 1. The Labute approximate surface area is 161 Å². The van der Waals surface area contributed by atoms with Gasteiger partial charge in [0.2, 0.25) is 0 Å². The normalized spacial score (nSPS) is 11.0. The van der Waals surface area contributed by atoms with Crippen molar-refractivity contribution >= 4 is 28.5 Å². The smallest absolute Gasteiger partial charge is 0.336 e. The Kier molecular flexibility index (Phi) is 4.42. The maximum absolute atomic E-state index is 11.7. The average molecular weight is 378 g/mol. The van der Waals surface area contributed by atoms with Crippen LogP contribution in [0.3, 0.4) is 0 Å². The standard InChI is InChI=1S/C22H16ClNO3/c1-2-13-3-5-14(6-4-13)20-9-10-21(27-20)19-12-17(22(25)26)16-11-15(23)7-8-18(16)24-19/h3-12H,2H2,1H3,(H,25,26). The number of aromatic nitrogens is 1. The second-order valence-electron chi connectivity index (χ2n) is 6.24. The quantitative estimate of drug-likeness (QED) is 0.468. The lowest BCUT2D eigenvalue weighted by molar-refractivity contribution is 0.0699. The number of carbonyl (C=O) groups is 1. The summed E-state index contributed by atoms with van der Waals surface area (Å²) >= 11 is 6.01. The highest BCUT2D eigenvalue weighted by molar-refractivity contribution is 6.31. The van der Waals surface area contributed by atoms with E-state index in [0.29, 0.717) is 33.1 Å². The summed E-state index contributed by atoms with van der Waals surface area (Å²) in [4.78, 5) is 16.2. The number of nitrogens with zero attached hydrogens (tertiary/aromatic N) is 1. The third kappa shape index (κ3) is 3.32. The van der Waals surface area contributed by atoms with Crippen molar-refractivity contribution in [2.24, 2.45) is 0 Å². The lowest BCUT2D eigenvalue weighted by atomic mass is 10.1. The van der Waals surface area contributed by atoms with Crippen molar-refractivity contribution in [1.29, 1.82) is 0 Å². The van der Waals surface area contributed by atoms with Gasteiger partial charge in [-0.2, -0.15) is 0 Å². The number of halogens is 1. The number of fused-ring (bicyclic) bond motifs is 1. The number of furan rings is 1. The molecule has 0 aliphatic carbocycles. The Morgan fingerprint density at radius 2 is 1.78 bits per heavy atom. The molecule has 0 saturated heterocycles. The highest BCUT2D eigenvalue weighted by atomic mass is 35.5. The molecule has 0 amide bonds. The first-order valence-corrected chi connectivity index (χ1v) is 8.96. The average Bonchev–Trinajstić information content (AvgIpc) is 3.17. The van der Waals surface area contributed by atoms with Crippen LogP contribution < -0.4 is 0 Å². The minimum Gasteiger partial charge on any atom is -0.478 e. The number of hydrogen-bond donors (Lipinski definition) is 1. The molecule has 0 atom stereocenters. The number of carboxylic acids is 1. The van der Waals surface area contributed by atoms with E-state index in [2.05, 4.69) is 24.0 Å². The minimum absolute atomic E-state index is 0.141. The highest BCUT2D eigenvalue weighted by Gasteiger charge is 2.16. The summed E-state index contributed by atoms with van der Waals surface area (Å²) in [5.41, 5.74) is 3.39. The van der Waals surface area contributed by atoms with Gasteiger partial charge in [0.1, 0.15) is 11.5 Å². The van der Waals surface area contributed by atoms with Gasteiger partial charge in [-0.3, -0.25) is 0 Å². The topological polar surface area (TPSA) is 63.3 Å². The second-order valence-corrected chi connectivity index (χ2v) is 6.67. The maximum atomic E-state index is 11.7. The van der Waals surface area contributed by atoms with Gasteiger partial charge in [-0.25, -0.2) is 9.78 Å². The van der Waals surface area contributed by atoms with Crippen LogP contribution in [0.5, 0.6) is 0 Å². The van der Waals surface area contributed by atoms with Crippen LogP contribution in [0.15, 0.2) is 65.1 Å². The third-order valence-corrected chi connectivity index (χ3v) is 4.74. The molecule has 2 aromatic carbocycles. The molecule has 4 nitrogen and oxygen atoms in total. The SMILES string of the molecule is CCc1ccc(-c2ccc(-c3cc(C(=O)O)c4cc(Cl)ccc4n3)o2)cc1. The molecule has 0 spiro atoms. The third-order valence-electron chi connectivity index (χ3n) is 4.51. The van der Waals surface area contributed by atoms with Gasteiger partial charge in [-0.1, -0.05) is 42.8 Å². The van der Waals surface area contributed by atoms with Crippen molar-refractivity contribution in [1.82, 2.24) is 4.98 Å². The molecule has 0 aliphatic rings. The molecule has 4 rings (SSSR count). The molecule has 0 fully saturated rings. The molecule has 2 aromatic heterocycles. The molecular formula is C22H16ClNO3. The summed E-state index contributed by atoms with van der Waals surface area (Å²) < 4.78 is 5.96. The Morgan fingerprint density at radius 1 is 1.04 bits per heavy atom. The number of hydrogen-bond acceptors (Lipinski definition) is 3. The van der Waals surface area contributed by atoms with E-state index in [9.17, 15) is 9.90 Å². The van der Waals surface area contributed by atoms with Crippen molar-refractivity contribution in [3.05, 3.63) is 76.8 Å². The van der Waals surface area contributed by atoms with Gasteiger partial charge in [0.25, 0.3) is 0 Å². The molecule has 27 heavy (non-hydrogen) atoms. The van der Waals surface area contributed by atoms with Crippen LogP contribution in [0.4, 0.5) is 0 Å². The van der Waals surface area contributed by atoms with Gasteiger partial charge in [0.05, 0.1) is 11.1 Å². The lowest BCUT2D eigenvalue weighted by Crippen LogP contribution is -2.00. The van der Waals surface area contributed by atoms with Crippen molar-refractivity contribution < 1.29 is 14.3 Å². The Hall–Kier alpha value is -3.11. The van der Waals surface area contributed by atoms with Crippen LogP contribution in [-0.4, -0.2) is 16.1 Å². The number of pyridine rings is 1. The van der Waals surface area contributed by atoms with Gasteiger partial charge in [-0.15, -0.1) is 0 Å². The van der Waals surface area contributed by atoms with Crippen molar-refractivity contribution in [2.75, 3.05) is 0 Å². The number of aryl methyl sites for hydroxylation is 1. The minimum atomic E-state index is -1.03. The fourth-order valence-corrected chi connectivity index (χ4v) is 3.21. The molecule has 0 saturated carbocycles. The zero-order valence-electron chi connectivity index (χ0n) is 14.6. The summed E-state index contributed by atoms with van der Waals surface area (Å²) in [6, 6.07) is 18.4. The lowest BCUT2D eigenvalue weighted by Gasteiger charge is -2.06. The van der Waals surface area contributed by atoms with Gasteiger partial charge >= 0.3 is 5.97 Å². The van der Waals surface area contributed by atoms with Crippen molar-refractivity contribution in [3.8, 4) is 22.8 Å². The Balaban J connectivity index is 1.79. The summed E-state index contributed by atoms with van der Waals surface area (Å²) in [6.45, 7) is 2.11. The summed E-state index contributed by atoms with van der Waals surface area (Å²) in [7, 11) is 0. The van der Waals surface area contributed by atoms with E-state index in [1.54, 1.807) is 24.3 Å². The van der Waals surface area contributed by atoms with Crippen molar-refractivity contribution in [2.45, 2.75) is 13.3 Å². The zero-order chi connectivity index (χ0) is 19.0. The first-order chi connectivity index (χ1) is 13.0. The zero-order valence-corrected chi connectivity index (χ0v) is 15.3. The predicted molar refractivity (Wildman–Crippen MR) is 106 cm³/mol. The molecule has 0 radical (unpaired) electrons. The van der Waals surface area contributed by atoms with E-state index >= 15 is 0 Å². The van der Waals surface area contributed by atoms with E-state index in [0.717, 1.165) is 12.0 Å². The molecule has 134 valence electrons. The monoisotopic (exact) mass is 377 g/mol. The molecule has 0 unspecified atom stereocenters. The van der Waals surface area contributed by atoms with Crippen LogP contribution in [0.25, 0.3) is 33.7 Å². The molecule has 2 heterocycles. The summed E-state index contributed by atoms with van der Waals surface area (Å²) in [5.74, 6) is 0.194. The summed E-state index contributed by atoms with van der Waals surface area (Å²) in [6.07, 6.45) is 0.979. The molecule has 4 aromatic rings. The first-order valence-electron chi connectivity index (χ1n) is 8.58. The van der Waals surface area contributed by atoms with Crippen LogP contribution in [0, 0.1) is 0 Å². The molecular weight excluding hydrogens is 362 g/mol. The number of carboxylic acid groups (broad SMARTS) is 1. The second kappa shape index (κ2) is 6.89. The largest absolute Gasteiger partial charge is 0.478 e. The van der Waals surface area contributed by atoms with Gasteiger partial charge in [-0.05, 0) is 48.4 Å². The van der Waals surface area contributed by atoms with Gasteiger partial charge < -0.3 is 9.52 Å². The van der Waals surface area contributed by atoms with E-state index in [1.165, 1.54) is 11.6 Å². The number of benzene rings is 2. The van der Waals surface area contributed by atoms with Crippen LogP contribution in [0.2, 0.25) is 5.02 Å². The summed E-state index contributed by atoms with van der Waals surface area (Å²) in [5, 5.41) is 10.5. The fourth-order valence-electron chi connectivity index (χ4n) is 3.04. The van der Waals surface area contributed by atoms with Crippen LogP contribution in [-0.2, 0) is 6.42 Å². The number of rotatable bonds is 4. The van der Waals surface area contributed by atoms with E-state index in [1.807, 2.05) is 18.2 Å². The molecule has 1 N–H and O–H groups in total.